The van der Waals surface area contributed by atoms with Gasteiger partial charge in [0.05, 0.1) is 5.69 Å². The van der Waals surface area contributed by atoms with Crippen molar-refractivity contribution in [2.75, 3.05) is 14.1 Å². The second-order valence-corrected chi connectivity index (χ2v) is 4.56. The number of hydrogen-bond donors (Lipinski definition) is 0. The summed E-state index contributed by atoms with van der Waals surface area (Å²) >= 11 is 0. The Labute approximate surface area is 114 Å². The third-order valence-electron chi connectivity index (χ3n) is 2.75. The fraction of sp³-hybridized carbons (Fsp3) is 0.400. The molecule has 1 rings (SSSR count). The molecule has 0 saturated heterocycles. The number of carbonyl (C=O) groups is 2. The SMILES string of the molecule is CCCCc1ccc(C=O)c(/C=C/C(=O)N(C)C)n1. The molecule has 1 aromatic heterocycles. The summed E-state index contributed by atoms with van der Waals surface area (Å²) in [6.45, 7) is 2.12. The Morgan fingerprint density at radius 2 is 2.11 bits per heavy atom. The molecule has 0 atom stereocenters. The van der Waals surface area contributed by atoms with Crippen molar-refractivity contribution >= 4 is 18.3 Å². The molecule has 0 saturated carbocycles. The first-order chi connectivity index (χ1) is 9.08. The molecule has 1 aromatic rings. The van der Waals surface area contributed by atoms with Gasteiger partial charge in [0.15, 0.2) is 6.29 Å². The van der Waals surface area contributed by atoms with E-state index in [4.69, 9.17) is 0 Å². The summed E-state index contributed by atoms with van der Waals surface area (Å²) < 4.78 is 0. The maximum Gasteiger partial charge on any atom is 0.246 e. The van der Waals surface area contributed by atoms with Crippen molar-refractivity contribution in [3.8, 4) is 0 Å². The highest BCUT2D eigenvalue weighted by atomic mass is 16.2. The average Bonchev–Trinajstić information content (AvgIpc) is 2.42. The summed E-state index contributed by atoms with van der Waals surface area (Å²) in [6, 6.07) is 3.62. The van der Waals surface area contributed by atoms with Gasteiger partial charge >= 0.3 is 0 Å². The Kier molecular flexibility index (Phi) is 5.93. The maximum atomic E-state index is 11.5. The van der Waals surface area contributed by atoms with Crippen molar-refractivity contribution in [3.63, 3.8) is 0 Å². The average molecular weight is 260 g/mol. The molecular weight excluding hydrogens is 240 g/mol. The highest BCUT2D eigenvalue weighted by Gasteiger charge is 2.04. The monoisotopic (exact) mass is 260 g/mol. The summed E-state index contributed by atoms with van der Waals surface area (Å²) in [5.74, 6) is -0.127. The first-order valence-electron chi connectivity index (χ1n) is 6.43. The van der Waals surface area contributed by atoms with Gasteiger partial charge in [-0.15, -0.1) is 0 Å². The van der Waals surface area contributed by atoms with E-state index in [0.29, 0.717) is 11.3 Å². The van der Waals surface area contributed by atoms with Crippen LogP contribution in [0.25, 0.3) is 6.08 Å². The lowest BCUT2D eigenvalue weighted by atomic mass is 10.1. The van der Waals surface area contributed by atoms with E-state index in [2.05, 4.69) is 11.9 Å². The lowest BCUT2D eigenvalue weighted by Gasteiger charge is -2.06. The van der Waals surface area contributed by atoms with Crippen LogP contribution in [0, 0.1) is 0 Å². The highest BCUT2D eigenvalue weighted by Crippen LogP contribution is 2.10. The van der Waals surface area contributed by atoms with Gasteiger partial charge in [-0.2, -0.15) is 0 Å². The summed E-state index contributed by atoms with van der Waals surface area (Å²) in [5.41, 5.74) is 2.01. The van der Waals surface area contributed by atoms with E-state index in [1.165, 1.54) is 11.0 Å². The molecule has 0 aliphatic rings. The molecule has 0 bridgehead atoms. The van der Waals surface area contributed by atoms with Gasteiger partial charge in [0.25, 0.3) is 0 Å². The smallest absolute Gasteiger partial charge is 0.246 e. The van der Waals surface area contributed by atoms with Gasteiger partial charge in [-0.1, -0.05) is 13.3 Å². The van der Waals surface area contributed by atoms with Crippen LogP contribution in [0.1, 0.15) is 41.5 Å². The highest BCUT2D eigenvalue weighted by molar-refractivity contribution is 5.92. The summed E-state index contributed by atoms with van der Waals surface area (Å²) in [4.78, 5) is 28.4. The summed E-state index contributed by atoms with van der Waals surface area (Å²) in [5, 5.41) is 0. The van der Waals surface area contributed by atoms with Crippen LogP contribution >= 0.6 is 0 Å². The van der Waals surface area contributed by atoms with Crippen LogP contribution in [0.5, 0.6) is 0 Å². The van der Waals surface area contributed by atoms with E-state index >= 15 is 0 Å². The normalized spacial score (nSPS) is 10.7. The standard InChI is InChI=1S/C15H20N2O2/c1-4-5-6-13-8-7-12(11-18)14(16-13)9-10-15(19)17(2)3/h7-11H,4-6H2,1-3H3/b10-9+. The quantitative estimate of drug-likeness (QED) is 0.582. The predicted octanol–water partition coefficient (Wildman–Crippen LogP) is 2.34. The Hall–Kier alpha value is -1.97. The molecule has 0 aliphatic carbocycles. The lowest BCUT2D eigenvalue weighted by Crippen LogP contribution is -2.18. The van der Waals surface area contributed by atoms with Gasteiger partial charge in [0.1, 0.15) is 0 Å². The van der Waals surface area contributed by atoms with Gasteiger partial charge in [-0.05, 0) is 31.1 Å². The minimum Gasteiger partial charge on any atom is -0.345 e. The Bertz CT molecular complexity index is 479. The third kappa shape index (κ3) is 4.66. The van der Waals surface area contributed by atoms with Crippen molar-refractivity contribution in [2.24, 2.45) is 0 Å². The zero-order valence-electron chi connectivity index (χ0n) is 11.7. The van der Waals surface area contributed by atoms with Gasteiger partial charge in [-0.25, -0.2) is 0 Å². The number of hydrogen-bond acceptors (Lipinski definition) is 3. The largest absolute Gasteiger partial charge is 0.345 e. The molecule has 0 spiro atoms. The fourth-order valence-electron chi connectivity index (χ4n) is 1.56. The van der Waals surface area contributed by atoms with Gasteiger partial charge < -0.3 is 4.90 Å². The van der Waals surface area contributed by atoms with Crippen molar-refractivity contribution < 1.29 is 9.59 Å². The van der Waals surface area contributed by atoms with E-state index in [1.807, 2.05) is 6.07 Å². The number of aldehydes is 1. The molecule has 4 heteroatoms. The molecule has 0 aromatic carbocycles. The van der Waals surface area contributed by atoms with Crippen molar-refractivity contribution in [1.29, 1.82) is 0 Å². The molecule has 1 heterocycles. The molecule has 0 fully saturated rings. The molecule has 19 heavy (non-hydrogen) atoms. The molecule has 4 nitrogen and oxygen atoms in total. The number of carbonyl (C=O) groups excluding carboxylic acids is 2. The molecule has 0 radical (unpaired) electrons. The molecule has 0 unspecified atom stereocenters. The van der Waals surface area contributed by atoms with Crippen LogP contribution in [0.15, 0.2) is 18.2 Å². The third-order valence-corrected chi connectivity index (χ3v) is 2.75. The van der Waals surface area contributed by atoms with Crippen molar-refractivity contribution in [2.45, 2.75) is 26.2 Å². The first-order valence-corrected chi connectivity index (χ1v) is 6.43. The summed E-state index contributed by atoms with van der Waals surface area (Å²) in [7, 11) is 3.36. The predicted molar refractivity (Wildman–Crippen MR) is 76.0 cm³/mol. The van der Waals surface area contributed by atoms with Crippen LogP contribution in [0.2, 0.25) is 0 Å². The van der Waals surface area contributed by atoms with E-state index < -0.39 is 0 Å². The maximum absolute atomic E-state index is 11.5. The number of nitrogens with zero attached hydrogens (tertiary/aromatic N) is 2. The zero-order chi connectivity index (χ0) is 14.3. The number of amides is 1. The van der Waals surface area contributed by atoms with E-state index in [1.54, 1.807) is 26.2 Å². The first kappa shape index (κ1) is 15.1. The minimum absolute atomic E-state index is 0.127. The van der Waals surface area contributed by atoms with E-state index in [0.717, 1.165) is 31.2 Å². The molecule has 0 N–H and O–H groups in total. The second-order valence-electron chi connectivity index (χ2n) is 4.56. The van der Waals surface area contributed by atoms with E-state index in [9.17, 15) is 9.59 Å². The van der Waals surface area contributed by atoms with Crippen LogP contribution in [-0.2, 0) is 11.2 Å². The number of rotatable bonds is 6. The minimum atomic E-state index is -0.127. The Balaban J connectivity index is 2.95. The Morgan fingerprint density at radius 1 is 1.37 bits per heavy atom. The lowest BCUT2D eigenvalue weighted by molar-refractivity contribution is -0.123. The number of pyridine rings is 1. The second kappa shape index (κ2) is 7.46. The molecule has 0 aliphatic heterocycles. The Morgan fingerprint density at radius 3 is 2.68 bits per heavy atom. The summed E-state index contributed by atoms with van der Waals surface area (Å²) in [6.07, 6.45) is 6.84. The van der Waals surface area contributed by atoms with Crippen LogP contribution in [0.4, 0.5) is 0 Å². The number of likely N-dealkylation sites (N-methyl/N-ethyl adjacent to an activating group) is 1. The molecular formula is C15H20N2O2. The molecule has 1 amide bonds. The molecule has 102 valence electrons. The fourth-order valence-corrected chi connectivity index (χ4v) is 1.56. The zero-order valence-corrected chi connectivity index (χ0v) is 11.7. The van der Waals surface area contributed by atoms with Crippen molar-refractivity contribution in [3.05, 3.63) is 35.2 Å². The number of aromatic nitrogens is 1. The van der Waals surface area contributed by atoms with Gasteiger partial charge in [-0.3, -0.25) is 14.6 Å². The van der Waals surface area contributed by atoms with Gasteiger partial charge in [0, 0.05) is 31.4 Å². The number of aryl methyl sites for hydroxylation is 1. The van der Waals surface area contributed by atoms with Crippen LogP contribution in [-0.4, -0.2) is 36.2 Å². The van der Waals surface area contributed by atoms with Crippen molar-refractivity contribution in [1.82, 2.24) is 9.88 Å². The van der Waals surface area contributed by atoms with E-state index in [-0.39, 0.29) is 5.91 Å². The topological polar surface area (TPSA) is 50.3 Å². The van der Waals surface area contributed by atoms with Crippen LogP contribution < -0.4 is 0 Å². The van der Waals surface area contributed by atoms with Crippen LogP contribution in [0.3, 0.4) is 0 Å². The van der Waals surface area contributed by atoms with Gasteiger partial charge in [0.2, 0.25) is 5.91 Å². The number of unbranched alkanes of at least 4 members (excludes halogenated alkanes) is 1.